The molecule has 1 unspecified atom stereocenters. The van der Waals surface area contributed by atoms with E-state index in [2.05, 4.69) is 17.4 Å². The predicted octanol–water partition coefficient (Wildman–Crippen LogP) is 3.64. The fourth-order valence-corrected chi connectivity index (χ4v) is 3.06. The van der Waals surface area contributed by atoms with Crippen LogP contribution >= 0.6 is 11.8 Å². The van der Waals surface area contributed by atoms with Crippen LogP contribution in [-0.2, 0) is 17.1 Å². The summed E-state index contributed by atoms with van der Waals surface area (Å²) < 4.78 is 10.5. The second kappa shape index (κ2) is 9.23. The van der Waals surface area contributed by atoms with Gasteiger partial charge in [-0.15, -0.1) is 11.8 Å². The van der Waals surface area contributed by atoms with E-state index in [4.69, 9.17) is 9.47 Å². The van der Waals surface area contributed by atoms with Gasteiger partial charge in [0.15, 0.2) is 11.5 Å². The molecule has 2 aromatic rings. The standard InChI is InChI=1S/C19H23NO3S/c1-14(24-13-15-7-5-4-6-8-15)19(21)20-12-16-9-10-17(22-2)18(11-16)23-3/h4-11,14H,12-13H2,1-3H3,(H,20,21). The lowest BCUT2D eigenvalue weighted by molar-refractivity contribution is -0.120. The van der Waals surface area contributed by atoms with Crippen LogP contribution in [0.3, 0.4) is 0 Å². The highest BCUT2D eigenvalue weighted by molar-refractivity contribution is 7.99. The molecular formula is C19H23NO3S. The van der Waals surface area contributed by atoms with E-state index in [1.165, 1.54) is 5.56 Å². The number of benzene rings is 2. The normalized spacial score (nSPS) is 11.6. The summed E-state index contributed by atoms with van der Waals surface area (Å²) in [6.45, 7) is 2.40. The Kier molecular flexibility index (Phi) is 7.00. The van der Waals surface area contributed by atoms with Crippen molar-refractivity contribution in [1.29, 1.82) is 0 Å². The van der Waals surface area contributed by atoms with Crippen molar-refractivity contribution in [2.45, 2.75) is 24.5 Å². The molecular weight excluding hydrogens is 322 g/mol. The maximum Gasteiger partial charge on any atom is 0.233 e. The van der Waals surface area contributed by atoms with E-state index >= 15 is 0 Å². The SMILES string of the molecule is COc1ccc(CNC(=O)C(C)SCc2ccccc2)cc1OC. The molecule has 2 rings (SSSR count). The molecule has 0 aliphatic heterocycles. The summed E-state index contributed by atoms with van der Waals surface area (Å²) >= 11 is 1.63. The number of thioether (sulfide) groups is 1. The average molecular weight is 345 g/mol. The molecule has 1 atom stereocenters. The van der Waals surface area contributed by atoms with Crippen molar-refractivity contribution in [3.63, 3.8) is 0 Å². The molecule has 0 aliphatic carbocycles. The van der Waals surface area contributed by atoms with Gasteiger partial charge in [-0.2, -0.15) is 0 Å². The van der Waals surface area contributed by atoms with Gasteiger partial charge < -0.3 is 14.8 Å². The molecule has 0 aromatic heterocycles. The summed E-state index contributed by atoms with van der Waals surface area (Å²) in [5, 5.41) is 2.86. The van der Waals surface area contributed by atoms with Gasteiger partial charge in [-0.05, 0) is 30.2 Å². The van der Waals surface area contributed by atoms with E-state index in [-0.39, 0.29) is 11.2 Å². The molecule has 1 N–H and O–H groups in total. The molecule has 24 heavy (non-hydrogen) atoms. The first kappa shape index (κ1) is 18.2. The lowest BCUT2D eigenvalue weighted by Gasteiger charge is -2.13. The summed E-state index contributed by atoms with van der Waals surface area (Å²) in [4.78, 5) is 12.2. The van der Waals surface area contributed by atoms with Gasteiger partial charge in [0.25, 0.3) is 0 Å². The number of hydrogen-bond acceptors (Lipinski definition) is 4. The van der Waals surface area contributed by atoms with Crippen molar-refractivity contribution in [1.82, 2.24) is 5.32 Å². The lowest BCUT2D eigenvalue weighted by atomic mass is 10.2. The third-order valence-corrected chi connectivity index (χ3v) is 4.84. The van der Waals surface area contributed by atoms with Crippen LogP contribution in [0.5, 0.6) is 11.5 Å². The first-order chi connectivity index (χ1) is 11.6. The summed E-state index contributed by atoms with van der Waals surface area (Å²) in [6.07, 6.45) is 0. The van der Waals surface area contributed by atoms with E-state index in [0.29, 0.717) is 18.0 Å². The minimum atomic E-state index is -0.106. The molecule has 0 radical (unpaired) electrons. The maximum atomic E-state index is 12.2. The maximum absolute atomic E-state index is 12.2. The highest BCUT2D eigenvalue weighted by atomic mass is 32.2. The first-order valence-electron chi connectivity index (χ1n) is 7.78. The number of methoxy groups -OCH3 is 2. The first-order valence-corrected chi connectivity index (χ1v) is 8.83. The number of rotatable bonds is 8. The number of hydrogen-bond donors (Lipinski definition) is 1. The average Bonchev–Trinajstić information content (AvgIpc) is 2.64. The Labute approximate surface area is 147 Å². The number of ether oxygens (including phenoxy) is 2. The Balaban J connectivity index is 1.83. The lowest BCUT2D eigenvalue weighted by Crippen LogP contribution is -2.30. The van der Waals surface area contributed by atoms with Crippen LogP contribution in [0.1, 0.15) is 18.1 Å². The second-order valence-corrected chi connectivity index (χ2v) is 6.68. The van der Waals surface area contributed by atoms with Crippen molar-refractivity contribution in [3.05, 3.63) is 59.7 Å². The van der Waals surface area contributed by atoms with E-state index < -0.39 is 0 Å². The quantitative estimate of drug-likeness (QED) is 0.793. The minimum absolute atomic E-state index is 0.0331. The van der Waals surface area contributed by atoms with Crippen molar-refractivity contribution < 1.29 is 14.3 Å². The predicted molar refractivity (Wildman–Crippen MR) is 98.6 cm³/mol. The molecule has 0 saturated heterocycles. The molecule has 2 aromatic carbocycles. The summed E-state index contributed by atoms with van der Waals surface area (Å²) in [6, 6.07) is 15.8. The molecule has 4 nitrogen and oxygen atoms in total. The molecule has 128 valence electrons. The Morgan fingerprint density at radius 2 is 1.75 bits per heavy atom. The highest BCUT2D eigenvalue weighted by Crippen LogP contribution is 2.27. The zero-order valence-electron chi connectivity index (χ0n) is 14.2. The van der Waals surface area contributed by atoms with Crippen LogP contribution in [0, 0.1) is 0 Å². The zero-order chi connectivity index (χ0) is 17.4. The van der Waals surface area contributed by atoms with Crippen molar-refractivity contribution in [3.8, 4) is 11.5 Å². The van der Waals surface area contributed by atoms with Gasteiger partial charge in [0.2, 0.25) is 5.91 Å². The third-order valence-electron chi connectivity index (χ3n) is 3.63. The van der Waals surface area contributed by atoms with Crippen LogP contribution < -0.4 is 14.8 Å². The topological polar surface area (TPSA) is 47.6 Å². The zero-order valence-corrected chi connectivity index (χ0v) is 15.1. The van der Waals surface area contributed by atoms with Gasteiger partial charge in [-0.25, -0.2) is 0 Å². The van der Waals surface area contributed by atoms with Crippen molar-refractivity contribution >= 4 is 17.7 Å². The minimum Gasteiger partial charge on any atom is -0.493 e. The van der Waals surface area contributed by atoms with Gasteiger partial charge in [-0.3, -0.25) is 4.79 Å². The summed E-state index contributed by atoms with van der Waals surface area (Å²) in [5.41, 5.74) is 2.20. The van der Waals surface area contributed by atoms with E-state index in [9.17, 15) is 4.79 Å². The smallest absolute Gasteiger partial charge is 0.233 e. The van der Waals surface area contributed by atoms with Gasteiger partial charge in [-0.1, -0.05) is 36.4 Å². The van der Waals surface area contributed by atoms with Crippen LogP contribution in [0.15, 0.2) is 48.5 Å². The number of amides is 1. The third kappa shape index (κ3) is 5.20. The summed E-state index contributed by atoms with van der Waals surface area (Å²) in [7, 11) is 3.20. The Bertz CT molecular complexity index is 661. The Hall–Kier alpha value is -2.14. The molecule has 0 heterocycles. The van der Waals surface area contributed by atoms with Gasteiger partial charge in [0, 0.05) is 12.3 Å². The fourth-order valence-electron chi connectivity index (χ4n) is 2.19. The number of nitrogens with one attached hydrogen (secondary N) is 1. The molecule has 0 fully saturated rings. The van der Waals surface area contributed by atoms with Crippen LogP contribution in [0.2, 0.25) is 0 Å². The van der Waals surface area contributed by atoms with Crippen LogP contribution in [-0.4, -0.2) is 25.4 Å². The van der Waals surface area contributed by atoms with Gasteiger partial charge in [0.05, 0.1) is 19.5 Å². The molecule has 5 heteroatoms. The largest absolute Gasteiger partial charge is 0.493 e. The Morgan fingerprint density at radius 1 is 1.04 bits per heavy atom. The van der Waals surface area contributed by atoms with E-state index in [1.807, 2.05) is 43.3 Å². The molecule has 0 spiro atoms. The Morgan fingerprint density at radius 3 is 2.42 bits per heavy atom. The second-order valence-electron chi connectivity index (χ2n) is 5.35. The molecule has 1 amide bonds. The number of carbonyl (C=O) groups excluding carboxylic acids is 1. The van der Waals surface area contributed by atoms with Gasteiger partial charge in [0.1, 0.15) is 0 Å². The van der Waals surface area contributed by atoms with Gasteiger partial charge >= 0.3 is 0 Å². The van der Waals surface area contributed by atoms with Crippen molar-refractivity contribution in [2.75, 3.05) is 14.2 Å². The molecule has 0 saturated carbocycles. The van der Waals surface area contributed by atoms with Crippen LogP contribution in [0.4, 0.5) is 0 Å². The highest BCUT2D eigenvalue weighted by Gasteiger charge is 2.13. The number of carbonyl (C=O) groups is 1. The summed E-state index contributed by atoms with van der Waals surface area (Å²) in [5.74, 6) is 2.20. The van der Waals surface area contributed by atoms with E-state index in [0.717, 1.165) is 11.3 Å². The van der Waals surface area contributed by atoms with Crippen LogP contribution in [0.25, 0.3) is 0 Å². The molecule has 0 bridgehead atoms. The molecule has 0 aliphatic rings. The van der Waals surface area contributed by atoms with Crippen molar-refractivity contribution in [2.24, 2.45) is 0 Å². The monoisotopic (exact) mass is 345 g/mol. The van der Waals surface area contributed by atoms with E-state index in [1.54, 1.807) is 26.0 Å². The fraction of sp³-hybridized carbons (Fsp3) is 0.316.